The highest BCUT2D eigenvalue weighted by Gasteiger charge is 2.39. The fourth-order valence-corrected chi connectivity index (χ4v) is 4.20. The Hall–Kier alpha value is -4.00. The number of ether oxygens (including phenoxy) is 1. The molecule has 3 aromatic rings. The maximum atomic E-state index is 14.5. The molecule has 7 heteroatoms. The first-order chi connectivity index (χ1) is 15.8. The zero-order chi connectivity index (χ0) is 23.9. The van der Waals surface area contributed by atoms with E-state index in [1.54, 1.807) is 54.8 Å². The predicted molar refractivity (Wildman–Crippen MR) is 122 cm³/mol. The van der Waals surface area contributed by atoms with Gasteiger partial charge in [-0.15, -0.1) is 0 Å². The van der Waals surface area contributed by atoms with E-state index in [4.69, 9.17) is 4.74 Å². The van der Waals surface area contributed by atoms with Crippen molar-refractivity contribution in [3.63, 3.8) is 0 Å². The van der Waals surface area contributed by atoms with Gasteiger partial charge in [0.15, 0.2) is 0 Å². The first kappa shape index (κ1) is 22.2. The van der Waals surface area contributed by atoms with Crippen LogP contribution in [0.3, 0.4) is 0 Å². The Morgan fingerprint density at radius 3 is 2.09 bits per heavy atom. The molecule has 5 nitrogen and oxygen atoms in total. The minimum Gasteiger partial charge on any atom is -0.465 e. The molecular weight excluding hydrogens is 426 g/mol. The summed E-state index contributed by atoms with van der Waals surface area (Å²) in [6.07, 6.45) is 1.57. The molecule has 1 aliphatic rings. The van der Waals surface area contributed by atoms with E-state index in [0.29, 0.717) is 16.9 Å². The molecular formula is C26H22F2N2O3. The van der Waals surface area contributed by atoms with E-state index < -0.39 is 17.7 Å². The van der Waals surface area contributed by atoms with E-state index in [1.807, 2.05) is 6.92 Å². The number of carbonyl (C=O) groups excluding carboxylic acids is 2. The van der Waals surface area contributed by atoms with Gasteiger partial charge >= 0.3 is 5.97 Å². The van der Waals surface area contributed by atoms with Crippen molar-refractivity contribution in [3.05, 3.63) is 100 Å². The van der Waals surface area contributed by atoms with E-state index in [0.717, 1.165) is 5.69 Å². The summed E-state index contributed by atoms with van der Waals surface area (Å²) in [6, 6.07) is 14.0. The Morgan fingerprint density at radius 1 is 0.939 bits per heavy atom. The number of esters is 1. The second-order valence-corrected chi connectivity index (χ2v) is 7.72. The quantitative estimate of drug-likeness (QED) is 0.405. The van der Waals surface area contributed by atoms with E-state index in [1.165, 1.54) is 36.3 Å². The van der Waals surface area contributed by atoms with E-state index in [9.17, 15) is 18.4 Å². The standard InChI is InChI=1S/C26H22F2N2O3/c1-15-13-18(16(2)29(15)22-11-7-5-9-20(22)27)14-19-24(26(32)33-4)17(3)30(25(19)31)23-12-8-6-10-21(23)28/h5-14H,1-4H3/b19-14-. The third kappa shape index (κ3) is 3.65. The van der Waals surface area contributed by atoms with Crippen LogP contribution in [0.25, 0.3) is 11.8 Å². The molecule has 0 unspecified atom stereocenters. The van der Waals surface area contributed by atoms with E-state index in [-0.39, 0.29) is 28.3 Å². The third-order valence-electron chi connectivity index (χ3n) is 5.75. The fraction of sp³-hybridized carbons (Fsp3) is 0.154. The average Bonchev–Trinajstić information content (AvgIpc) is 3.20. The van der Waals surface area contributed by atoms with Crippen LogP contribution < -0.4 is 4.90 Å². The fourth-order valence-electron chi connectivity index (χ4n) is 4.20. The number of benzene rings is 2. The van der Waals surface area contributed by atoms with Crippen LogP contribution in [0.15, 0.2) is 71.4 Å². The molecule has 0 spiro atoms. The largest absolute Gasteiger partial charge is 0.465 e. The lowest BCUT2D eigenvalue weighted by molar-refractivity contribution is -0.136. The normalized spacial score (nSPS) is 15.0. The lowest BCUT2D eigenvalue weighted by Crippen LogP contribution is -2.25. The van der Waals surface area contributed by atoms with Gasteiger partial charge in [0, 0.05) is 17.1 Å². The number of halogens is 2. The maximum absolute atomic E-state index is 14.5. The summed E-state index contributed by atoms with van der Waals surface area (Å²) in [5, 5.41) is 0. The highest BCUT2D eigenvalue weighted by molar-refractivity contribution is 6.23. The number of hydrogen-bond acceptors (Lipinski definition) is 3. The minimum atomic E-state index is -0.700. The van der Waals surface area contributed by atoms with Crippen molar-refractivity contribution in [2.45, 2.75) is 20.8 Å². The number of allylic oxidation sites excluding steroid dienone is 1. The van der Waals surface area contributed by atoms with Gasteiger partial charge in [-0.05, 0) is 62.7 Å². The van der Waals surface area contributed by atoms with Crippen molar-refractivity contribution in [1.82, 2.24) is 4.57 Å². The number of hydrogen-bond donors (Lipinski definition) is 0. The molecule has 168 valence electrons. The van der Waals surface area contributed by atoms with Gasteiger partial charge in [-0.2, -0.15) is 0 Å². The maximum Gasteiger partial charge on any atom is 0.340 e. The van der Waals surface area contributed by atoms with Crippen LogP contribution in [0.4, 0.5) is 14.5 Å². The van der Waals surface area contributed by atoms with Gasteiger partial charge in [0.1, 0.15) is 11.6 Å². The van der Waals surface area contributed by atoms with Gasteiger partial charge in [-0.3, -0.25) is 9.69 Å². The number of aromatic nitrogens is 1. The lowest BCUT2D eigenvalue weighted by Gasteiger charge is -2.18. The van der Waals surface area contributed by atoms with Crippen LogP contribution in [-0.4, -0.2) is 23.6 Å². The third-order valence-corrected chi connectivity index (χ3v) is 5.75. The summed E-state index contributed by atoms with van der Waals surface area (Å²) in [7, 11) is 1.22. The molecule has 1 amide bonds. The number of aryl methyl sites for hydroxylation is 1. The number of nitrogens with zero attached hydrogens (tertiary/aromatic N) is 2. The highest BCUT2D eigenvalue weighted by Crippen LogP contribution is 2.37. The Bertz CT molecular complexity index is 1350. The van der Waals surface area contributed by atoms with E-state index in [2.05, 4.69) is 0 Å². The van der Waals surface area contributed by atoms with Crippen LogP contribution in [0, 0.1) is 25.5 Å². The smallest absolute Gasteiger partial charge is 0.340 e. The van der Waals surface area contributed by atoms with Gasteiger partial charge in [-0.1, -0.05) is 24.3 Å². The van der Waals surface area contributed by atoms with Crippen molar-refractivity contribution >= 4 is 23.6 Å². The number of carbonyl (C=O) groups is 2. The first-order valence-electron chi connectivity index (χ1n) is 10.3. The van der Waals surface area contributed by atoms with Crippen LogP contribution >= 0.6 is 0 Å². The Kier molecular flexibility index (Phi) is 5.72. The minimum absolute atomic E-state index is 0.0432. The Balaban J connectivity index is 1.88. The lowest BCUT2D eigenvalue weighted by atomic mass is 10.0. The van der Waals surface area contributed by atoms with Crippen molar-refractivity contribution in [3.8, 4) is 5.69 Å². The summed E-state index contributed by atoms with van der Waals surface area (Å²) >= 11 is 0. The Morgan fingerprint density at radius 2 is 1.52 bits per heavy atom. The van der Waals surface area contributed by atoms with Crippen LogP contribution in [0.5, 0.6) is 0 Å². The number of para-hydroxylation sites is 2. The summed E-state index contributed by atoms with van der Waals surface area (Å²) < 4.78 is 35.6. The van der Waals surface area contributed by atoms with Crippen LogP contribution in [0.2, 0.25) is 0 Å². The molecule has 0 atom stereocenters. The summed E-state index contributed by atoms with van der Waals surface area (Å²) in [5.74, 6) is -2.22. The molecule has 2 heterocycles. The van der Waals surface area contributed by atoms with Crippen molar-refractivity contribution < 1.29 is 23.1 Å². The Labute approximate surface area is 190 Å². The molecule has 2 aromatic carbocycles. The molecule has 0 saturated carbocycles. The molecule has 0 fully saturated rings. The van der Waals surface area contributed by atoms with Gasteiger partial charge in [-0.25, -0.2) is 13.6 Å². The van der Waals surface area contributed by atoms with Gasteiger partial charge in [0.25, 0.3) is 5.91 Å². The number of rotatable bonds is 4. The van der Waals surface area contributed by atoms with Gasteiger partial charge in [0.2, 0.25) is 0 Å². The summed E-state index contributed by atoms with van der Waals surface area (Å²) in [6.45, 7) is 5.19. The molecule has 1 aromatic heterocycles. The molecule has 4 rings (SSSR count). The topological polar surface area (TPSA) is 51.5 Å². The van der Waals surface area contributed by atoms with Crippen LogP contribution in [-0.2, 0) is 14.3 Å². The van der Waals surface area contributed by atoms with Crippen molar-refractivity contribution in [2.24, 2.45) is 0 Å². The SMILES string of the molecule is COC(=O)C1=C(C)N(c2ccccc2F)C(=O)/C1=C\c1cc(C)n(-c2ccccc2F)c1C. The molecule has 1 aliphatic heterocycles. The van der Waals surface area contributed by atoms with Crippen LogP contribution in [0.1, 0.15) is 23.9 Å². The summed E-state index contributed by atoms with van der Waals surface area (Å²) in [4.78, 5) is 27.2. The zero-order valence-corrected chi connectivity index (χ0v) is 18.6. The number of methoxy groups -OCH3 is 1. The molecule has 0 saturated heterocycles. The second kappa shape index (κ2) is 8.50. The van der Waals surface area contributed by atoms with E-state index >= 15 is 0 Å². The number of amides is 1. The van der Waals surface area contributed by atoms with Crippen molar-refractivity contribution in [2.75, 3.05) is 12.0 Å². The molecule has 0 radical (unpaired) electrons. The molecule has 0 bridgehead atoms. The average molecular weight is 448 g/mol. The monoisotopic (exact) mass is 448 g/mol. The number of anilines is 1. The molecule has 0 N–H and O–H groups in total. The highest BCUT2D eigenvalue weighted by atomic mass is 19.1. The summed E-state index contributed by atoms with van der Waals surface area (Å²) in [5.41, 5.74) is 2.89. The first-order valence-corrected chi connectivity index (χ1v) is 10.3. The van der Waals surface area contributed by atoms with Gasteiger partial charge < -0.3 is 9.30 Å². The van der Waals surface area contributed by atoms with Crippen molar-refractivity contribution in [1.29, 1.82) is 0 Å². The van der Waals surface area contributed by atoms with Gasteiger partial charge in [0.05, 0.1) is 29.6 Å². The second-order valence-electron chi connectivity index (χ2n) is 7.72. The molecule has 33 heavy (non-hydrogen) atoms. The predicted octanol–water partition coefficient (Wildman–Crippen LogP) is 5.25. The molecule has 0 aliphatic carbocycles. The zero-order valence-electron chi connectivity index (χ0n) is 18.6.